The highest BCUT2D eigenvalue weighted by Gasteiger charge is 2.20. The Morgan fingerprint density at radius 2 is 2.00 bits per heavy atom. The van der Waals surface area contributed by atoms with E-state index in [1.165, 1.54) is 23.3 Å². The summed E-state index contributed by atoms with van der Waals surface area (Å²) >= 11 is 0. The van der Waals surface area contributed by atoms with Gasteiger partial charge in [-0.2, -0.15) is 5.26 Å². The monoisotopic (exact) mass is 521 g/mol. The summed E-state index contributed by atoms with van der Waals surface area (Å²) in [4.78, 5) is 6.74. The van der Waals surface area contributed by atoms with E-state index in [2.05, 4.69) is 51.7 Å². The SMILES string of the molecule is CN=C(NCc1cc(C#N)ccc1F)NC1CCN(Cc2cccc(C)c2)CC1.I. The van der Waals surface area contributed by atoms with Crippen LogP contribution in [-0.4, -0.2) is 37.0 Å². The molecule has 0 bridgehead atoms. The number of rotatable bonds is 5. The van der Waals surface area contributed by atoms with E-state index in [1.807, 2.05) is 6.07 Å². The predicted molar refractivity (Wildman–Crippen MR) is 129 cm³/mol. The molecule has 0 atom stereocenters. The Labute approximate surface area is 195 Å². The molecule has 1 aliphatic heterocycles. The number of aryl methyl sites for hydroxylation is 1. The summed E-state index contributed by atoms with van der Waals surface area (Å²) in [5, 5.41) is 15.6. The van der Waals surface area contributed by atoms with Crippen LogP contribution in [0.5, 0.6) is 0 Å². The average molecular weight is 521 g/mol. The molecule has 2 N–H and O–H groups in total. The van der Waals surface area contributed by atoms with E-state index >= 15 is 0 Å². The second-order valence-corrected chi connectivity index (χ2v) is 7.53. The lowest BCUT2D eigenvalue weighted by Crippen LogP contribution is -2.48. The van der Waals surface area contributed by atoms with Gasteiger partial charge in [-0.1, -0.05) is 29.8 Å². The molecule has 1 heterocycles. The van der Waals surface area contributed by atoms with Crippen molar-refractivity contribution in [2.75, 3.05) is 20.1 Å². The number of hydrogen-bond donors (Lipinski definition) is 2. The molecule has 0 unspecified atom stereocenters. The maximum Gasteiger partial charge on any atom is 0.191 e. The maximum absolute atomic E-state index is 14.0. The van der Waals surface area contributed by atoms with Crippen molar-refractivity contribution < 1.29 is 4.39 Å². The fourth-order valence-corrected chi connectivity index (χ4v) is 3.65. The van der Waals surface area contributed by atoms with E-state index < -0.39 is 0 Å². The van der Waals surface area contributed by atoms with E-state index in [9.17, 15) is 4.39 Å². The van der Waals surface area contributed by atoms with Gasteiger partial charge >= 0.3 is 0 Å². The molecular formula is C23H29FIN5. The van der Waals surface area contributed by atoms with Crippen LogP contribution in [0, 0.1) is 24.1 Å². The molecule has 0 amide bonds. The molecule has 0 aromatic heterocycles. The van der Waals surface area contributed by atoms with Crippen LogP contribution < -0.4 is 10.6 Å². The van der Waals surface area contributed by atoms with Gasteiger partial charge < -0.3 is 10.6 Å². The van der Waals surface area contributed by atoms with Crippen LogP contribution >= 0.6 is 24.0 Å². The lowest BCUT2D eigenvalue weighted by atomic mass is 10.0. The van der Waals surface area contributed by atoms with Crippen molar-refractivity contribution >= 4 is 29.9 Å². The molecule has 2 aromatic rings. The Morgan fingerprint density at radius 3 is 2.67 bits per heavy atom. The molecule has 7 heteroatoms. The Bertz CT molecular complexity index is 901. The summed E-state index contributed by atoms with van der Waals surface area (Å²) in [6, 6.07) is 15.4. The molecule has 0 saturated carbocycles. The first kappa shape index (κ1) is 24.1. The lowest BCUT2D eigenvalue weighted by molar-refractivity contribution is 0.198. The van der Waals surface area contributed by atoms with Gasteiger partial charge in [0.05, 0.1) is 11.6 Å². The quantitative estimate of drug-likeness (QED) is 0.356. The number of nitrogens with one attached hydrogen (secondary N) is 2. The van der Waals surface area contributed by atoms with Crippen molar-refractivity contribution in [3.8, 4) is 6.07 Å². The minimum absolute atomic E-state index is 0. The van der Waals surface area contributed by atoms with Crippen LogP contribution in [-0.2, 0) is 13.1 Å². The second-order valence-electron chi connectivity index (χ2n) is 7.53. The van der Waals surface area contributed by atoms with Gasteiger partial charge in [-0.3, -0.25) is 9.89 Å². The van der Waals surface area contributed by atoms with Crippen molar-refractivity contribution in [3.63, 3.8) is 0 Å². The van der Waals surface area contributed by atoms with Crippen LogP contribution in [0.1, 0.15) is 35.1 Å². The minimum Gasteiger partial charge on any atom is -0.354 e. The predicted octanol–water partition coefficient (Wildman–Crippen LogP) is 3.95. The summed E-state index contributed by atoms with van der Waals surface area (Å²) in [7, 11) is 1.71. The smallest absolute Gasteiger partial charge is 0.191 e. The van der Waals surface area contributed by atoms with Crippen molar-refractivity contribution in [1.29, 1.82) is 5.26 Å². The molecular weight excluding hydrogens is 492 g/mol. The van der Waals surface area contributed by atoms with Gasteiger partial charge in [0.1, 0.15) is 5.82 Å². The summed E-state index contributed by atoms with van der Waals surface area (Å²) in [6.45, 7) is 5.45. The zero-order valence-electron chi connectivity index (χ0n) is 17.5. The number of benzene rings is 2. The Kier molecular flexibility index (Phi) is 9.53. The Morgan fingerprint density at radius 1 is 1.23 bits per heavy atom. The van der Waals surface area contributed by atoms with E-state index in [0.717, 1.165) is 32.5 Å². The molecule has 160 valence electrons. The Hall–Kier alpha value is -2.18. The molecule has 3 rings (SSSR count). The number of nitrogens with zero attached hydrogens (tertiary/aromatic N) is 3. The third-order valence-corrected chi connectivity index (χ3v) is 5.26. The molecule has 5 nitrogen and oxygen atoms in total. The van der Waals surface area contributed by atoms with Gasteiger partial charge in [-0.25, -0.2) is 4.39 Å². The largest absolute Gasteiger partial charge is 0.354 e. The molecule has 0 spiro atoms. The van der Waals surface area contributed by atoms with Gasteiger partial charge in [0.15, 0.2) is 5.96 Å². The topological polar surface area (TPSA) is 63.5 Å². The minimum atomic E-state index is -0.323. The lowest BCUT2D eigenvalue weighted by Gasteiger charge is -2.33. The van der Waals surface area contributed by atoms with Crippen molar-refractivity contribution in [2.45, 2.75) is 38.9 Å². The first-order chi connectivity index (χ1) is 14.1. The van der Waals surface area contributed by atoms with Crippen LogP contribution in [0.2, 0.25) is 0 Å². The number of hydrogen-bond acceptors (Lipinski definition) is 3. The van der Waals surface area contributed by atoms with Gasteiger partial charge in [0, 0.05) is 44.8 Å². The zero-order chi connectivity index (χ0) is 20.6. The fourth-order valence-electron chi connectivity index (χ4n) is 3.65. The highest BCUT2D eigenvalue weighted by atomic mass is 127. The fraction of sp³-hybridized carbons (Fsp3) is 0.391. The highest BCUT2D eigenvalue weighted by molar-refractivity contribution is 14.0. The first-order valence-electron chi connectivity index (χ1n) is 10.0. The van der Waals surface area contributed by atoms with Crippen molar-refractivity contribution in [1.82, 2.24) is 15.5 Å². The average Bonchev–Trinajstić information content (AvgIpc) is 2.73. The number of guanidine groups is 1. The normalized spacial score (nSPS) is 15.2. The van der Waals surface area contributed by atoms with Gasteiger partial charge in [0.2, 0.25) is 0 Å². The molecule has 0 aliphatic carbocycles. The van der Waals surface area contributed by atoms with E-state index in [0.29, 0.717) is 23.1 Å². The molecule has 1 aliphatic rings. The standard InChI is InChI=1S/C23H28FN5.HI/c1-17-4-3-5-19(12-17)16-29-10-8-21(9-11-29)28-23(26-2)27-15-20-13-18(14-25)6-7-22(20)24;/h3-7,12-13,21H,8-11,15-16H2,1-2H3,(H2,26,27,28);1H. The molecule has 1 fully saturated rings. The zero-order valence-corrected chi connectivity index (χ0v) is 19.8. The summed E-state index contributed by atoms with van der Waals surface area (Å²) < 4.78 is 14.0. The van der Waals surface area contributed by atoms with E-state index in [1.54, 1.807) is 13.1 Å². The van der Waals surface area contributed by atoms with Crippen LogP contribution in [0.25, 0.3) is 0 Å². The van der Waals surface area contributed by atoms with E-state index in [4.69, 9.17) is 5.26 Å². The summed E-state index contributed by atoms with van der Waals surface area (Å²) in [6.07, 6.45) is 2.07. The third-order valence-electron chi connectivity index (χ3n) is 5.26. The molecule has 2 aromatic carbocycles. The van der Waals surface area contributed by atoms with Crippen molar-refractivity contribution in [2.24, 2.45) is 4.99 Å². The van der Waals surface area contributed by atoms with Gasteiger partial charge in [-0.05, 0) is 43.5 Å². The van der Waals surface area contributed by atoms with Gasteiger partial charge in [-0.15, -0.1) is 24.0 Å². The van der Waals surface area contributed by atoms with Crippen molar-refractivity contribution in [3.05, 3.63) is 70.5 Å². The summed E-state index contributed by atoms with van der Waals surface area (Å²) in [5.41, 5.74) is 3.56. The van der Waals surface area contributed by atoms with Crippen LogP contribution in [0.15, 0.2) is 47.5 Å². The first-order valence-corrected chi connectivity index (χ1v) is 10.0. The van der Waals surface area contributed by atoms with Crippen LogP contribution in [0.4, 0.5) is 4.39 Å². The Balaban J connectivity index is 0.00000320. The molecule has 0 radical (unpaired) electrons. The van der Waals surface area contributed by atoms with Gasteiger partial charge in [0.25, 0.3) is 0 Å². The number of likely N-dealkylation sites (tertiary alicyclic amines) is 1. The highest BCUT2D eigenvalue weighted by Crippen LogP contribution is 2.15. The third kappa shape index (κ3) is 6.96. The number of nitriles is 1. The maximum atomic E-state index is 14.0. The summed E-state index contributed by atoms with van der Waals surface area (Å²) in [5.74, 6) is 0.334. The number of aliphatic imine (C=N–C) groups is 1. The molecule has 30 heavy (non-hydrogen) atoms. The molecule has 1 saturated heterocycles. The number of halogens is 2. The van der Waals surface area contributed by atoms with E-state index in [-0.39, 0.29) is 36.3 Å². The number of piperidine rings is 1. The van der Waals surface area contributed by atoms with Crippen LogP contribution in [0.3, 0.4) is 0 Å². The second kappa shape index (κ2) is 11.9.